The maximum absolute atomic E-state index is 12.9. The number of fused-ring (bicyclic) bond motifs is 1. The number of nitrogens with zero attached hydrogens (tertiary/aromatic N) is 3. The van der Waals surface area contributed by atoms with Crippen molar-refractivity contribution >= 4 is 17.5 Å². The van der Waals surface area contributed by atoms with Gasteiger partial charge in [0.1, 0.15) is 17.9 Å². The van der Waals surface area contributed by atoms with Gasteiger partial charge in [0.2, 0.25) is 0 Å². The van der Waals surface area contributed by atoms with E-state index in [0.29, 0.717) is 37.6 Å². The molecule has 0 radical (unpaired) electrons. The van der Waals surface area contributed by atoms with Gasteiger partial charge in [-0.3, -0.25) is 9.59 Å². The smallest absolute Gasteiger partial charge is 0.272 e. The van der Waals surface area contributed by atoms with Crippen LogP contribution in [-0.2, 0) is 16.5 Å². The average Bonchev–Trinajstić information content (AvgIpc) is 3.32. The largest absolute Gasteiger partial charge is 0.385 e. The normalized spacial score (nSPS) is 21.5. The number of amides is 2. The lowest BCUT2D eigenvalue weighted by Gasteiger charge is -2.20. The van der Waals surface area contributed by atoms with E-state index in [1.54, 1.807) is 29.0 Å². The van der Waals surface area contributed by atoms with Gasteiger partial charge >= 0.3 is 0 Å². The van der Waals surface area contributed by atoms with E-state index in [9.17, 15) is 9.59 Å². The molecule has 0 spiro atoms. The number of rotatable bonds is 5. The molecule has 2 amide bonds. The maximum atomic E-state index is 12.9. The van der Waals surface area contributed by atoms with Crippen molar-refractivity contribution in [2.45, 2.75) is 32.1 Å². The molecule has 9 heteroatoms. The molecular weight excluding hydrogens is 398 g/mol. The summed E-state index contributed by atoms with van der Waals surface area (Å²) in [6, 6.07) is 5.52. The second-order valence-corrected chi connectivity index (χ2v) is 8.09. The van der Waals surface area contributed by atoms with Gasteiger partial charge in [0.05, 0.1) is 37.3 Å². The van der Waals surface area contributed by atoms with Gasteiger partial charge < -0.3 is 29.6 Å². The number of imidazole rings is 1. The number of benzene rings is 1. The quantitative estimate of drug-likeness (QED) is 0.744. The number of hydrogen-bond donors (Lipinski definition) is 2. The zero-order chi connectivity index (χ0) is 22.0. The first-order valence-corrected chi connectivity index (χ1v) is 10.6. The SMILES string of the molecule is CCNc1ccc(C)cc1C(=O)NC1CO[C@H]2CN(C(=O)c3cncn3C)C[C@@H]2OC1. The van der Waals surface area contributed by atoms with E-state index in [-0.39, 0.29) is 30.1 Å². The second kappa shape index (κ2) is 9.07. The van der Waals surface area contributed by atoms with Crippen molar-refractivity contribution in [3.8, 4) is 0 Å². The van der Waals surface area contributed by atoms with Gasteiger partial charge in [0.15, 0.2) is 0 Å². The van der Waals surface area contributed by atoms with E-state index in [1.165, 1.54) is 0 Å². The van der Waals surface area contributed by atoms with Gasteiger partial charge in [-0.2, -0.15) is 0 Å². The van der Waals surface area contributed by atoms with Crippen LogP contribution in [0.3, 0.4) is 0 Å². The van der Waals surface area contributed by atoms with Crippen molar-refractivity contribution in [2.24, 2.45) is 7.05 Å². The highest BCUT2D eigenvalue weighted by Crippen LogP contribution is 2.23. The van der Waals surface area contributed by atoms with Crippen LogP contribution in [0.2, 0.25) is 0 Å². The minimum Gasteiger partial charge on any atom is -0.385 e. The average molecular weight is 428 g/mol. The number of aromatic nitrogens is 2. The van der Waals surface area contributed by atoms with Crippen LogP contribution >= 0.6 is 0 Å². The first-order valence-electron chi connectivity index (χ1n) is 10.6. The number of anilines is 1. The van der Waals surface area contributed by atoms with Crippen molar-refractivity contribution in [1.29, 1.82) is 0 Å². The Kier molecular flexibility index (Phi) is 6.24. The molecule has 2 fully saturated rings. The van der Waals surface area contributed by atoms with Crippen LogP contribution in [0, 0.1) is 6.92 Å². The topological polar surface area (TPSA) is 97.7 Å². The van der Waals surface area contributed by atoms with Crippen molar-refractivity contribution in [1.82, 2.24) is 19.8 Å². The summed E-state index contributed by atoms with van der Waals surface area (Å²) in [5, 5.41) is 6.26. The van der Waals surface area contributed by atoms with Gasteiger partial charge in [-0.25, -0.2) is 4.98 Å². The van der Waals surface area contributed by atoms with Crippen molar-refractivity contribution in [3.05, 3.63) is 47.5 Å². The molecule has 1 aromatic heterocycles. The third-order valence-corrected chi connectivity index (χ3v) is 5.68. The number of nitrogens with one attached hydrogen (secondary N) is 2. The predicted molar refractivity (Wildman–Crippen MR) is 115 cm³/mol. The molecule has 0 aliphatic carbocycles. The number of aryl methyl sites for hydroxylation is 2. The van der Waals surface area contributed by atoms with Gasteiger partial charge in [-0.05, 0) is 26.0 Å². The summed E-state index contributed by atoms with van der Waals surface area (Å²) in [5.74, 6) is -0.238. The maximum Gasteiger partial charge on any atom is 0.272 e. The fraction of sp³-hybridized carbons (Fsp3) is 0.500. The lowest BCUT2D eigenvalue weighted by molar-refractivity contribution is -0.00461. The summed E-state index contributed by atoms with van der Waals surface area (Å²) < 4.78 is 13.8. The fourth-order valence-corrected chi connectivity index (χ4v) is 4.02. The van der Waals surface area contributed by atoms with Crippen LogP contribution in [0.5, 0.6) is 0 Å². The van der Waals surface area contributed by atoms with Crippen molar-refractivity contribution in [2.75, 3.05) is 38.2 Å². The molecule has 9 nitrogen and oxygen atoms in total. The van der Waals surface area contributed by atoms with Crippen LogP contribution in [0.15, 0.2) is 30.7 Å². The molecule has 2 aliphatic rings. The molecule has 0 bridgehead atoms. The van der Waals surface area contributed by atoms with Crippen LogP contribution in [0.25, 0.3) is 0 Å². The first-order chi connectivity index (χ1) is 15.0. The van der Waals surface area contributed by atoms with Gasteiger partial charge in [0, 0.05) is 32.4 Å². The lowest BCUT2D eigenvalue weighted by Crippen LogP contribution is -2.41. The third kappa shape index (κ3) is 4.57. The Morgan fingerprint density at radius 2 is 1.90 bits per heavy atom. The molecule has 31 heavy (non-hydrogen) atoms. The molecule has 2 atom stereocenters. The molecular formula is C22H29N5O4. The van der Waals surface area contributed by atoms with Crippen molar-refractivity contribution < 1.29 is 19.1 Å². The molecule has 0 unspecified atom stereocenters. The highest BCUT2D eigenvalue weighted by Gasteiger charge is 2.40. The lowest BCUT2D eigenvalue weighted by atomic mass is 10.1. The minimum atomic E-state index is -0.255. The standard InChI is InChI=1S/C22H29N5O4/c1-4-24-17-6-5-14(2)7-16(17)21(28)25-15-11-30-19-9-27(10-20(19)31-12-15)22(29)18-8-23-13-26(18)3/h5-8,13,15,19-20,24H,4,9-12H2,1-3H3,(H,25,28)/t19-,20-/m0/s1. The van der Waals surface area contributed by atoms with E-state index >= 15 is 0 Å². The molecule has 0 saturated carbocycles. The van der Waals surface area contributed by atoms with E-state index in [0.717, 1.165) is 17.8 Å². The molecule has 2 saturated heterocycles. The van der Waals surface area contributed by atoms with Crippen molar-refractivity contribution in [3.63, 3.8) is 0 Å². The minimum absolute atomic E-state index is 0.0828. The van der Waals surface area contributed by atoms with Crippen LogP contribution in [0.1, 0.15) is 33.3 Å². The molecule has 4 rings (SSSR count). The molecule has 2 N–H and O–H groups in total. The van der Waals surface area contributed by atoms with Gasteiger partial charge in [0.25, 0.3) is 11.8 Å². The Morgan fingerprint density at radius 3 is 2.52 bits per heavy atom. The number of likely N-dealkylation sites (tertiary alicyclic amines) is 1. The Labute approximate surface area is 181 Å². The monoisotopic (exact) mass is 427 g/mol. The van der Waals surface area contributed by atoms with Crippen LogP contribution in [-0.4, -0.2) is 77.4 Å². The summed E-state index contributed by atoms with van der Waals surface area (Å²) in [6.07, 6.45) is 2.75. The molecule has 1 aromatic carbocycles. The zero-order valence-electron chi connectivity index (χ0n) is 18.1. The summed E-state index contributed by atoms with van der Waals surface area (Å²) in [7, 11) is 1.80. The Hall–Kier alpha value is -2.91. The van der Waals surface area contributed by atoms with E-state index in [1.807, 2.05) is 32.0 Å². The van der Waals surface area contributed by atoms with E-state index in [4.69, 9.17) is 9.47 Å². The number of ether oxygens (including phenoxy) is 2. The predicted octanol–water partition coefficient (Wildman–Crippen LogP) is 1.20. The van der Waals surface area contributed by atoms with Gasteiger partial charge in [-0.15, -0.1) is 0 Å². The Morgan fingerprint density at radius 1 is 1.19 bits per heavy atom. The van der Waals surface area contributed by atoms with Crippen LogP contribution < -0.4 is 10.6 Å². The number of carbonyl (C=O) groups is 2. The molecule has 3 heterocycles. The Balaban J connectivity index is 1.36. The molecule has 2 aromatic rings. The van der Waals surface area contributed by atoms with Gasteiger partial charge in [-0.1, -0.05) is 11.6 Å². The Bertz CT molecular complexity index is 943. The molecule has 166 valence electrons. The fourth-order valence-electron chi connectivity index (χ4n) is 4.02. The second-order valence-electron chi connectivity index (χ2n) is 8.09. The zero-order valence-corrected chi connectivity index (χ0v) is 18.1. The van der Waals surface area contributed by atoms with Crippen LogP contribution in [0.4, 0.5) is 5.69 Å². The highest BCUT2D eigenvalue weighted by molar-refractivity contribution is 6.00. The summed E-state index contributed by atoms with van der Waals surface area (Å²) in [4.78, 5) is 31.4. The highest BCUT2D eigenvalue weighted by atomic mass is 16.6. The molecule has 2 aliphatic heterocycles. The first kappa shape index (κ1) is 21.3. The van der Waals surface area contributed by atoms with E-state index < -0.39 is 0 Å². The van der Waals surface area contributed by atoms with E-state index in [2.05, 4.69) is 15.6 Å². The summed E-state index contributed by atoms with van der Waals surface area (Å²) in [6.45, 7) is 6.28. The number of carbonyl (C=O) groups excluding carboxylic acids is 2. The summed E-state index contributed by atoms with van der Waals surface area (Å²) >= 11 is 0. The number of hydrogen-bond acceptors (Lipinski definition) is 6. The third-order valence-electron chi connectivity index (χ3n) is 5.68. The summed E-state index contributed by atoms with van der Waals surface area (Å²) in [5.41, 5.74) is 2.98.